The number of pyridine rings is 1. The second-order valence-corrected chi connectivity index (χ2v) is 10.7. The van der Waals surface area contributed by atoms with Crippen molar-refractivity contribution in [2.75, 3.05) is 19.7 Å². The number of aromatic nitrogens is 4. The zero-order valence-corrected chi connectivity index (χ0v) is 22.1. The van der Waals surface area contributed by atoms with Gasteiger partial charge in [-0.15, -0.1) is 0 Å². The number of carboxylic acid groups (broad SMARTS) is 1. The normalized spacial score (nSPS) is 17.8. The molecule has 38 heavy (non-hydrogen) atoms. The molecule has 6 rings (SSSR count). The van der Waals surface area contributed by atoms with E-state index in [2.05, 4.69) is 25.5 Å². The van der Waals surface area contributed by atoms with Crippen LogP contribution in [0.4, 0.5) is 0 Å². The molecule has 9 nitrogen and oxygen atoms in total. The Morgan fingerprint density at radius 1 is 1.26 bits per heavy atom. The smallest absolute Gasteiger partial charge is 0.335 e. The van der Waals surface area contributed by atoms with Gasteiger partial charge in [0.15, 0.2) is 0 Å². The highest BCUT2D eigenvalue weighted by Gasteiger charge is 2.24. The molecule has 3 aromatic heterocycles. The molecule has 0 saturated carbocycles. The molecule has 2 aliphatic rings. The fourth-order valence-electron chi connectivity index (χ4n) is 4.65. The van der Waals surface area contributed by atoms with E-state index in [-0.39, 0.29) is 11.7 Å². The van der Waals surface area contributed by atoms with Gasteiger partial charge in [-0.1, -0.05) is 29.0 Å². The first kappa shape index (κ1) is 25.0. The third-order valence-corrected chi connectivity index (χ3v) is 7.83. The highest BCUT2D eigenvalue weighted by atomic mass is 35.5. The van der Waals surface area contributed by atoms with Crippen LogP contribution in [-0.2, 0) is 24.4 Å². The Morgan fingerprint density at radius 2 is 2.16 bits per heavy atom. The quantitative estimate of drug-likeness (QED) is 0.313. The average Bonchev–Trinajstić information content (AvgIpc) is 3.50. The number of fused-ring (bicyclic) bond motifs is 1. The monoisotopic (exact) mass is 551 g/mol. The van der Waals surface area contributed by atoms with Gasteiger partial charge < -0.3 is 19.1 Å². The summed E-state index contributed by atoms with van der Waals surface area (Å²) in [6.07, 6.45) is 5.84. The molecule has 5 heterocycles. The number of benzene rings is 1. The van der Waals surface area contributed by atoms with Crippen LogP contribution in [0.1, 0.15) is 40.4 Å². The summed E-state index contributed by atoms with van der Waals surface area (Å²) in [6.45, 7) is 4.12. The molecule has 196 valence electrons. The SMILES string of the molecule is O=C(O)c1ccc2nc(CN3CC=C(c4csc(OCc5ccc(Cl)cn5)n4)CC3)n(C[C@@H]3CCO3)c2c1. The van der Waals surface area contributed by atoms with Crippen molar-refractivity contribution >= 4 is 45.5 Å². The lowest BCUT2D eigenvalue weighted by molar-refractivity contribution is -0.0591. The second kappa shape index (κ2) is 10.8. The fourth-order valence-corrected chi connectivity index (χ4v) is 5.45. The summed E-state index contributed by atoms with van der Waals surface area (Å²) in [5.41, 5.74) is 4.87. The number of hydrogen-bond donors (Lipinski definition) is 1. The van der Waals surface area contributed by atoms with Crippen LogP contribution < -0.4 is 4.74 Å². The number of ether oxygens (including phenoxy) is 2. The highest BCUT2D eigenvalue weighted by molar-refractivity contribution is 7.11. The summed E-state index contributed by atoms with van der Waals surface area (Å²) in [5.74, 6) is -0.0120. The topological polar surface area (TPSA) is 103 Å². The molecule has 1 fully saturated rings. The molecular weight excluding hydrogens is 526 g/mol. The largest absolute Gasteiger partial charge is 0.478 e. The maximum atomic E-state index is 11.5. The average molecular weight is 552 g/mol. The maximum Gasteiger partial charge on any atom is 0.335 e. The predicted octanol–water partition coefficient (Wildman–Crippen LogP) is 4.90. The summed E-state index contributed by atoms with van der Waals surface area (Å²) in [5, 5.41) is 12.7. The van der Waals surface area contributed by atoms with Crippen LogP contribution in [0.15, 0.2) is 48.0 Å². The summed E-state index contributed by atoms with van der Waals surface area (Å²) in [6, 6.07) is 8.75. The fraction of sp³-hybridized carbons (Fsp3) is 0.333. The number of halogens is 1. The lowest BCUT2D eigenvalue weighted by Crippen LogP contribution is -2.33. The first-order valence-electron chi connectivity index (χ1n) is 12.5. The van der Waals surface area contributed by atoms with Gasteiger partial charge >= 0.3 is 5.97 Å². The molecular formula is C27H26ClN5O4S. The van der Waals surface area contributed by atoms with Gasteiger partial charge in [0, 0.05) is 31.3 Å². The van der Waals surface area contributed by atoms with Crippen molar-refractivity contribution in [2.24, 2.45) is 0 Å². The number of thiazole rings is 1. The maximum absolute atomic E-state index is 11.5. The van der Waals surface area contributed by atoms with Crippen molar-refractivity contribution in [1.29, 1.82) is 0 Å². The summed E-state index contributed by atoms with van der Waals surface area (Å²) < 4.78 is 13.6. The van der Waals surface area contributed by atoms with Crippen molar-refractivity contribution in [3.05, 3.63) is 75.8 Å². The number of carboxylic acids is 1. The van der Waals surface area contributed by atoms with Crippen LogP contribution in [0.5, 0.6) is 5.19 Å². The third-order valence-electron chi connectivity index (χ3n) is 6.86. The number of rotatable bonds is 9. The number of carbonyl (C=O) groups is 1. The van der Waals surface area contributed by atoms with Gasteiger partial charge in [0.1, 0.15) is 12.4 Å². The standard InChI is InChI=1S/C27H26ClN5O4S/c28-19-2-3-20(29-12-19)15-37-27-31-23(16-38-27)17-5-8-32(9-6-17)14-25-30-22-4-1-18(26(34)35)11-24(22)33(25)13-21-7-10-36-21/h1-5,11-12,16,21H,6-10,13-15H2,(H,34,35)/t21-/m0/s1. The first-order valence-corrected chi connectivity index (χ1v) is 13.7. The molecule has 0 bridgehead atoms. The molecule has 0 unspecified atom stereocenters. The molecule has 1 saturated heterocycles. The number of hydrogen-bond acceptors (Lipinski definition) is 8. The van der Waals surface area contributed by atoms with Crippen molar-refractivity contribution in [3.8, 4) is 5.19 Å². The number of imidazole rings is 1. The second-order valence-electron chi connectivity index (χ2n) is 9.40. The molecule has 1 aromatic carbocycles. The van der Waals surface area contributed by atoms with Gasteiger partial charge in [0.05, 0.1) is 52.2 Å². The van der Waals surface area contributed by atoms with Crippen LogP contribution in [0.2, 0.25) is 5.02 Å². The lowest BCUT2D eigenvalue weighted by atomic mass is 10.1. The van der Waals surface area contributed by atoms with Crippen molar-refractivity contribution in [3.63, 3.8) is 0 Å². The molecule has 4 aromatic rings. The van der Waals surface area contributed by atoms with E-state index in [0.717, 1.165) is 60.8 Å². The Kier molecular flexibility index (Phi) is 7.12. The molecule has 2 aliphatic heterocycles. The molecule has 1 atom stereocenters. The lowest BCUT2D eigenvalue weighted by Gasteiger charge is -2.29. The summed E-state index contributed by atoms with van der Waals surface area (Å²) >= 11 is 7.37. The van der Waals surface area contributed by atoms with Crippen LogP contribution in [0, 0.1) is 0 Å². The minimum absolute atomic E-state index is 0.143. The first-order chi connectivity index (χ1) is 18.5. The van der Waals surface area contributed by atoms with E-state index >= 15 is 0 Å². The molecule has 0 spiro atoms. The molecule has 0 radical (unpaired) electrons. The van der Waals surface area contributed by atoms with Crippen LogP contribution in [0.25, 0.3) is 16.6 Å². The molecule has 0 amide bonds. The Balaban J connectivity index is 1.13. The van der Waals surface area contributed by atoms with Gasteiger partial charge in [-0.3, -0.25) is 9.88 Å². The minimum Gasteiger partial charge on any atom is -0.478 e. The van der Waals surface area contributed by atoms with E-state index in [1.807, 2.05) is 11.4 Å². The number of aromatic carboxylic acids is 1. The van der Waals surface area contributed by atoms with E-state index in [1.54, 1.807) is 30.5 Å². The van der Waals surface area contributed by atoms with E-state index in [0.29, 0.717) is 29.9 Å². The van der Waals surface area contributed by atoms with Gasteiger partial charge in [0.2, 0.25) is 0 Å². The Bertz CT molecular complexity index is 1500. The van der Waals surface area contributed by atoms with Crippen LogP contribution >= 0.6 is 22.9 Å². The summed E-state index contributed by atoms with van der Waals surface area (Å²) in [4.78, 5) is 27.7. The van der Waals surface area contributed by atoms with Gasteiger partial charge in [-0.05, 0) is 48.7 Å². The summed E-state index contributed by atoms with van der Waals surface area (Å²) in [7, 11) is 0. The van der Waals surface area contributed by atoms with E-state index in [1.165, 1.54) is 16.9 Å². The van der Waals surface area contributed by atoms with Crippen LogP contribution in [0.3, 0.4) is 0 Å². The van der Waals surface area contributed by atoms with Crippen molar-refractivity contribution < 1.29 is 19.4 Å². The van der Waals surface area contributed by atoms with Crippen molar-refractivity contribution in [2.45, 2.75) is 38.6 Å². The predicted molar refractivity (Wildman–Crippen MR) is 145 cm³/mol. The van der Waals surface area contributed by atoms with E-state index in [4.69, 9.17) is 26.1 Å². The van der Waals surface area contributed by atoms with E-state index in [9.17, 15) is 9.90 Å². The van der Waals surface area contributed by atoms with Gasteiger partial charge in [0.25, 0.3) is 5.19 Å². The van der Waals surface area contributed by atoms with Crippen LogP contribution in [-0.4, -0.2) is 61.3 Å². The molecule has 0 aliphatic carbocycles. The Morgan fingerprint density at radius 3 is 2.87 bits per heavy atom. The van der Waals surface area contributed by atoms with Gasteiger partial charge in [-0.2, -0.15) is 0 Å². The van der Waals surface area contributed by atoms with E-state index < -0.39 is 5.97 Å². The molecule has 11 heteroatoms. The zero-order valence-electron chi connectivity index (χ0n) is 20.5. The highest BCUT2D eigenvalue weighted by Crippen LogP contribution is 2.29. The zero-order chi connectivity index (χ0) is 26.1. The Labute approximate surface area is 228 Å². The van der Waals surface area contributed by atoms with Crippen molar-refractivity contribution in [1.82, 2.24) is 24.4 Å². The minimum atomic E-state index is -0.938. The number of nitrogens with zero attached hydrogens (tertiary/aromatic N) is 5. The molecule has 1 N–H and O–H groups in total. The Hall–Kier alpha value is -3.31. The third kappa shape index (κ3) is 5.44. The van der Waals surface area contributed by atoms with Gasteiger partial charge in [-0.25, -0.2) is 14.8 Å².